The summed E-state index contributed by atoms with van der Waals surface area (Å²) in [5.41, 5.74) is 0.613. The van der Waals surface area contributed by atoms with E-state index in [1.807, 2.05) is 37.6 Å². The van der Waals surface area contributed by atoms with E-state index in [2.05, 4.69) is 29.5 Å². The molecule has 0 radical (unpaired) electrons. The Morgan fingerprint density at radius 1 is 1.29 bits per heavy atom. The summed E-state index contributed by atoms with van der Waals surface area (Å²) in [7, 11) is 1.83. The molecule has 1 heterocycles. The summed E-state index contributed by atoms with van der Waals surface area (Å²) in [5.74, 6) is 0.704. The first-order valence-corrected chi connectivity index (χ1v) is 8.10. The van der Waals surface area contributed by atoms with Crippen LogP contribution < -0.4 is 10.6 Å². The van der Waals surface area contributed by atoms with Crippen molar-refractivity contribution >= 4 is 34.3 Å². The van der Waals surface area contributed by atoms with E-state index >= 15 is 0 Å². The Hall–Kier alpha value is -1.75. The van der Waals surface area contributed by atoms with E-state index in [0.717, 1.165) is 16.6 Å². The van der Waals surface area contributed by atoms with Crippen LogP contribution in [-0.2, 0) is 0 Å². The highest BCUT2D eigenvalue weighted by molar-refractivity contribution is 7.99. The summed E-state index contributed by atoms with van der Waals surface area (Å²) in [4.78, 5) is 16.8. The standard InChI is InChI=1S/C16H21N3OS/c1-16(2,21-4)10-19-15(20)13-9-18-14(17-3)12-8-6-5-7-11(12)13/h5-9H,10H2,1-4H3,(H,17,18)(H,19,20). The Morgan fingerprint density at radius 3 is 2.57 bits per heavy atom. The quantitative estimate of drug-likeness (QED) is 0.891. The van der Waals surface area contributed by atoms with Crippen molar-refractivity contribution < 1.29 is 4.79 Å². The Balaban J connectivity index is 2.32. The molecular weight excluding hydrogens is 282 g/mol. The summed E-state index contributed by atoms with van der Waals surface area (Å²) in [6.45, 7) is 4.84. The third-order valence-corrected chi connectivity index (χ3v) is 4.75. The van der Waals surface area contributed by atoms with Gasteiger partial charge in [-0.05, 0) is 25.5 Å². The lowest BCUT2D eigenvalue weighted by Gasteiger charge is -2.22. The van der Waals surface area contributed by atoms with Gasteiger partial charge in [0, 0.05) is 29.9 Å². The van der Waals surface area contributed by atoms with Crippen LogP contribution in [0.2, 0.25) is 0 Å². The number of aromatic nitrogens is 1. The second kappa shape index (κ2) is 6.35. The second-order valence-electron chi connectivity index (χ2n) is 5.46. The molecule has 0 saturated heterocycles. The van der Waals surface area contributed by atoms with E-state index < -0.39 is 0 Å². The molecule has 0 aliphatic rings. The van der Waals surface area contributed by atoms with Gasteiger partial charge in [0.25, 0.3) is 5.91 Å². The van der Waals surface area contributed by atoms with Gasteiger partial charge < -0.3 is 10.6 Å². The third-order valence-electron chi connectivity index (χ3n) is 3.50. The molecule has 0 aliphatic carbocycles. The summed E-state index contributed by atoms with van der Waals surface area (Å²) in [5, 5.41) is 7.92. The number of nitrogens with one attached hydrogen (secondary N) is 2. The van der Waals surface area contributed by atoms with Crippen molar-refractivity contribution in [1.82, 2.24) is 10.3 Å². The van der Waals surface area contributed by atoms with Crippen LogP contribution in [0.5, 0.6) is 0 Å². The highest BCUT2D eigenvalue weighted by Crippen LogP contribution is 2.24. The Bertz CT molecular complexity index is 655. The minimum absolute atomic E-state index is 0.0177. The molecule has 0 bridgehead atoms. The lowest BCUT2D eigenvalue weighted by atomic mass is 10.1. The molecule has 0 atom stereocenters. The molecule has 21 heavy (non-hydrogen) atoms. The fourth-order valence-electron chi connectivity index (χ4n) is 2.03. The molecule has 2 aromatic rings. The van der Waals surface area contributed by atoms with Gasteiger partial charge in [-0.25, -0.2) is 4.98 Å². The number of rotatable bonds is 5. The van der Waals surface area contributed by atoms with Crippen LogP contribution in [0.1, 0.15) is 24.2 Å². The molecule has 0 fully saturated rings. The largest absolute Gasteiger partial charge is 0.373 e. The van der Waals surface area contributed by atoms with Gasteiger partial charge in [-0.2, -0.15) is 11.8 Å². The molecule has 0 spiro atoms. The number of pyridine rings is 1. The molecule has 0 saturated carbocycles. The fraction of sp³-hybridized carbons (Fsp3) is 0.375. The number of nitrogens with zero attached hydrogens (tertiary/aromatic N) is 1. The maximum Gasteiger partial charge on any atom is 0.253 e. The van der Waals surface area contributed by atoms with Crippen molar-refractivity contribution in [3.05, 3.63) is 36.0 Å². The summed E-state index contributed by atoms with van der Waals surface area (Å²) < 4.78 is 0.0177. The molecule has 1 aromatic carbocycles. The molecule has 5 heteroatoms. The number of anilines is 1. The number of carbonyl (C=O) groups excluding carboxylic acids is 1. The SMILES string of the molecule is CNc1ncc(C(=O)NCC(C)(C)SC)c2ccccc12. The second-order valence-corrected chi connectivity index (χ2v) is 6.98. The van der Waals surface area contributed by atoms with E-state index in [1.54, 1.807) is 18.0 Å². The first kappa shape index (κ1) is 15.6. The van der Waals surface area contributed by atoms with Gasteiger partial charge >= 0.3 is 0 Å². The highest BCUT2D eigenvalue weighted by Gasteiger charge is 2.19. The smallest absolute Gasteiger partial charge is 0.253 e. The zero-order valence-electron chi connectivity index (χ0n) is 12.9. The molecule has 0 aliphatic heterocycles. The van der Waals surface area contributed by atoms with Crippen LogP contribution in [0.25, 0.3) is 10.8 Å². The van der Waals surface area contributed by atoms with Gasteiger partial charge in [0.05, 0.1) is 5.56 Å². The maximum atomic E-state index is 12.4. The molecule has 1 amide bonds. The Morgan fingerprint density at radius 2 is 1.95 bits per heavy atom. The van der Waals surface area contributed by atoms with Gasteiger partial charge in [-0.1, -0.05) is 24.3 Å². The number of hydrogen-bond acceptors (Lipinski definition) is 4. The molecule has 1 aromatic heterocycles. The molecule has 2 N–H and O–H groups in total. The Labute approximate surface area is 129 Å². The molecule has 2 rings (SSSR count). The van der Waals surface area contributed by atoms with Gasteiger partial charge in [0.2, 0.25) is 0 Å². The number of hydrogen-bond donors (Lipinski definition) is 2. The fourth-order valence-corrected chi connectivity index (χ4v) is 2.25. The number of benzene rings is 1. The van der Waals surface area contributed by atoms with Crippen molar-refractivity contribution in [2.45, 2.75) is 18.6 Å². The molecule has 112 valence electrons. The van der Waals surface area contributed by atoms with Crippen LogP contribution in [-0.4, -0.2) is 35.5 Å². The minimum atomic E-state index is -0.0801. The summed E-state index contributed by atoms with van der Waals surface area (Å²) in [6, 6.07) is 7.80. The van der Waals surface area contributed by atoms with E-state index in [1.165, 1.54) is 0 Å². The van der Waals surface area contributed by atoms with Crippen LogP contribution >= 0.6 is 11.8 Å². The zero-order valence-corrected chi connectivity index (χ0v) is 13.7. The minimum Gasteiger partial charge on any atom is -0.373 e. The summed E-state index contributed by atoms with van der Waals surface area (Å²) in [6.07, 6.45) is 3.68. The molecule has 4 nitrogen and oxygen atoms in total. The number of thioether (sulfide) groups is 1. The maximum absolute atomic E-state index is 12.4. The topological polar surface area (TPSA) is 54.0 Å². The van der Waals surface area contributed by atoms with Crippen molar-refractivity contribution in [3.63, 3.8) is 0 Å². The van der Waals surface area contributed by atoms with Crippen molar-refractivity contribution in [3.8, 4) is 0 Å². The van der Waals surface area contributed by atoms with Gasteiger partial charge in [-0.3, -0.25) is 4.79 Å². The normalized spacial score (nSPS) is 11.4. The van der Waals surface area contributed by atoms with Crippen LogP contribution in [0.15, 0.2) is 30.5 Å². The van der Waals surface area contributed by atoms with E-state index in [-0.39, 0.29) is 10.7 Å². The lowest BCUT2D eigenvalue weighted by Crippen LogP contribution is -2.36. The first-order chi connectivity index (χ1) is 9.98. The van der Waals surface area contributed by atoms with E-state index in [0.29, 0.717) is 12.1 Å². The van der Waals surface area contributed by atoms with Crippen LogP contribution in [0.3, 0.4) is 0 Å². The van der Waals surface area contributed by atoms with Crippen molar-refractivity contribution in [2.75, 3.05) is 25.2 Å². The van der Waals surface area contributed by atoms with Gasteiger partial charge in [0.15, 0.2) is 0 Å². The number of fused-ring (bicyclic) bond motifs is 1. The van der Waals surface area contributed by atoms with E-state index in [9.17, 15) is 4.79 Å². The van der Waals surface area contributed by atoms with Crippen LogP contribution in [0.4, 0.5) is 5.82 Å². The number of amides is 1. The van der Waals surface area contributed by atoms with Gasteiger partial charge in [0.1, 0.15) is 5.82 Å². The van der Waals surface area contributed by atoms with Gasteiger partial charge in [-0.15, -0.1) is 0 Å². The average Bonchev–Trinajstić information content (AvgIpc) is 2.51. The van der Waals surface area contributed by atoms with Crippen molar-refractivity contribution in [1.29, 1.82) is 0 Å². The zero-order chi connectivity index (χ0) is 15.5. The predicted octanol–water partition coefficient (Wildman–Crippen LogP) is 3.15. The molecular formula is C16H21N3OS. The number of carbonyl (C=O) groups is 1. The van der Waals surface area contributed by atoms with Crippen molar-refractivity contribution in [2.24, 2.45) is 0 Å². The van der Waals surface area contributed by atoms with E-state index in [4.69, 9.17) is 0 Å². The highest BCUT2D eigenvalue weighted by atomic mass is 32.2. The Kier molecular flexibility index (Phi) is 4.73. The molecule has 0 unspecified atom stereocenters. The predicted molar refractivity (Wildman–Crippen MR) is 91.2 cm³/mol. The summed E-state index contributed by atoms with van der Waals surface area (Å²) >= 11 is 1.73. The third kappa shape index (κ3) is 3.47. The first-order valence-electron chi connectivity index (χ1n) is 6.87. The lowest BCUT2D eigenvalue weighted by molar-refractivity contribution is 0.0952. The average molecular weight is 303 g/mol. The van der Waals surface area contributed by atoms with Crippen LogP contribution in [0, 0.1) is 0 Å². The monoisotopic (exact) mass is 303 g/mol.